The second-order valence-corrected chi connectivity index (χ2v) is 4.70. The van der Waals surface area contributed by atoms with Crippen LogP contribution in [-0.4, -0.2) is 40.3 Å². The molecule has 0 aromatic heterocycles. The predicted molar refractivity (Wildman–Crippen MR) is 74.0 cm³/mol. The molecule has 0 saturated carbocycles. The topological polar surface area (TPSA) is 113 Å². The average molecular weight is 280 g/mol. The van der Waals surface area contributed by atoms with E-state index in [2.05, 4.69) is 5.32 Å². The van der Waals surface area contributed by atoms with Gasteiger partial charge in [0.15, 0.2) is 6.04 Å². The second-order valence-electron chi connectivity index (χ2n) is 4.70. The summed E-state index contributed by atoms with van der Waals surface area (Å²) in [5.74, 6) is -1.86. The molecule has 5 N–H and O–H groups in total. The van der Waals surface area contributed by atoms with E-state index < -0.39 is 30.1 Å². The molecular formula is C14H20N2O4. The predicted octanol–water partition coefficient (Wildman–Crippen LogP) is -0.103. The minimum Gasteiger partial charge on any atom is -0.480 e. The Balaban J connectivity index is 2.48. The molecule has 0 aliphatic rings. The molecule has 0 spiro atoms. The molecule has 6 nitrogen and oxygen atoms in total. The van der Waals surface area contributed by atoms with Crippen LogP contribution in [0.15, 0.2) is 30.3 Å². The first-order valence-corrected chi connectivity index (χ1v) is 6.42. The maximum Gasteiger partial charge on any atom is 0.328 e. The monoisotopic (exact) mass is 280 g/mol. The number of aliphatic hydroxyl groups excluding tert-OH is 1. The lowest BCUT2D eigenvalue weighted by atomic mass is 10.0. The van der Waals surface area contributed by atoms with E-state index in [9.17, 15) is 14.7 Å². The van der Waals surface area contributed by atoms with Gasteiger partial charge in [0.1, 0.15) is 0 Å². The molecule has 0 aliphatic heterocycles. The minimum absolute atomic E-state index is 0.405. The van der Waals surface area contributed by atoms with Gasteiger partial charge in [-0.2, -0.15) is 0 Å². The fourth-order valence-corrected chi connectivity index (χ4v) is 1.75. The highest BCUT2D eigenvalue weighted by Gasteiger charge is 2.26. The molecule has 20 heavy (non-hydrogen) atoms. The molecular weight excluding hydrogens is 260 g/mol. The smallest absolute Gasteiger partial charge is 0.328 e. The van der Waals surface area contributed by atoms with Gasteiger partial charge in [0.2, 0.25) is 5.91 Å². The summed E-state index contributed by atoms with van der Waals surface area (Å²) in [7, 11) is 0. The van der Waals surface area contributed by atoms with E-state index in [1.165, 1.54) is 6.92 Å². The highest BCUT2D eigenvalue weighted by molar-refractivity contribution is 5.87. The van der Waals surface area contributed by atoms with Crippen LogP contribution in [0.5, 0.6) is 0 Å². The van der Waals surface area contributed by atoms with Crippen molar-refractivity contribution in [3.05, 3.63) is 35.9 Å². The van der Waals surface area contributed by atoms with E-state index in [0.29, 0.717) is 12.8 Å². The van der Waals surface area contributed by atoms with Crippen molar-refractivity contribution in [1.82, 2.24) is 5.32 Å². The fraction of sp³-hybridized carbons (Fsp3) is 0.429. The van der Waals surface area contributed by atoms with Gasteiger partial charge in [-0.15, -0.1) is 0 Å². The van der Waals surface area contributed by atoms with Crippen molar-refractivity contribution >= 4 is 11.9 Å². The number of benzene rings is 1. The molecule has 6 heteroatoms. The Bertz CT molecular complexity index is 448. The maximum absolute atomic E-state index is 11.8. The number of carbonyl (C=O) groups is 2. The first kappa shape index (κ1) is 16.1. The Morgan fingerprint density at radius 3 is 2.40 bits per heavy atom. The Hall–Kier alpha value is -1.92. The van der Waals surface area contributed by atoms with E-state index in [1.54, 1.807) is 0 Å². The van der Waals surface area contributed by atoms with Gasteiger partial charge in [0.05, 0.1) is 12.1 Å². The molecule has 3 atom stereocenters. The van der Waals surface area contributed by atoms with Crippen LogP contribution in [0.25, 0.3) is 0 Å². The molecule has 1 rings (SSSR count). The fourth-order valence-electron chi connectivity index (χ4n) is 1.75. The summed E-state index contributed by atoms with van der Waals surface area (Å²) >= 11 is 0. The maximum atomic E-state index is 11.8. The zero-order chi connectivity index (χ0) is 15.1. The van der Waals surface area contributed by atoms with Crippen LogP contribution in [0, 0.1) is 0 Å². The number of aryl methyl sites for hydroxylation is 1. The van der Waals surface area contributed by atoms with Gasteiger partial charge >= 0.3 is 5.97 Å². The number of amides is 1. The number of aliphatic carboxylic acids is 1. The van der Waals surface area contributed by atoms with Crippen LogP contribution in [0.3, 0.4) is 0 Å². The van der Waals surface area contributed by atoms with Crippen LogP contribution in [0.2, 0.25) is 0 Å². The minimum atomic E-state index is -1.34. The van der Waals surface area contributed by atoms with Gasteiger partial charge in [-0.1, -0.05) is 30.3 Å². The molecule has 1 aromatic rings. The van der Waals surface area contributed by atoms with Crippen molar-refractivity contribution in [1.29, 1.82) is 0 Å². The lowest BCUT2D eigenvalue weighted by Gasteiger charge is -2.19. The third-order valence-electron chi connectivity index (χ3n) is 2.97. The molecule has 3 unspecified atom stereocenters. The van der Waals surface area contributed by atoms with Gasteiger partial charge in [0, 0.05) is 0 Å². The summed E-state index contributed by atoms with van der Waals surface area (Å²) in [5, 5.41) is 20.4. The van der Waals surface area contributed by atoms with Crippen LogP contribution >= 0.6 is 0 Å². The summed E-state index contributed by atoms with van der Waals surface area (Å²) in [6, 6.07) is 7.40. The van der Waals surface area contributed by atoms with Gasteiger partial charge in [-0.3, -0.25) is 4.79 Å². The molecule has 0 fully saturated rings. The molecule has 0 radical (unpaired) electrons. The summed E-state index contributed by atoms with van der Waals surface area (Å²) in [6.45, 7) is 1.30. The Labute approximate surface area is 117 Å². The number of rotatable bonds is 7. The highest BCUT2D eigenvalue weighted by atomic mass is 16.4. The average Bonchev–Trinajstić information content (AvgIpc) is 2.42. The third kappa shape index (κ3) is 4.99. The number of carbonyl (C=O) groups excluding carboxylic acids is 1. The third-order valence-corrected chi connectivity index (χ3v) is 2.97. The van der Waals surface area contributed by atoms with Crippen molar-refractivity contribution in [2.75, 3.05) is 0 Å². The SMILES string of the molecule is CC(O)C(NC(=O)C(N)CCc1ccccc1)C(=O)O. The molecule has 0 aliphatic carbocycles. The number of hydrogen-bond donors (Lipinski definition) is 4. The molecule has 0 bridgehead atoms. The zero-order valence-corrected chi connectivity index (χ0v) is 11.3. The first-order valence-electron chi connectivity index (χ1n) is 6.42. The normalized spacial score (nSPS) is 15.2. The van der Waals surface area contributed by atoms with Crippen molar-refractivity contribution in [3.63, 3.8) is 0 Å². The van der Waals surface area contributed by atoms with Crippen LogP contribution < -0.4 is 11.1 Å². The molecule has 1 amide bonds. The van der Waals surface area contributed by atoms with E-state index in [4.69, 9.17) is 10.8 Å². The Morgan fingerprint density at radius 1 is 1.30 bits per heavy atom. The lowest BCUT2D eigenvalue weighted by Crippen LogP contribution is -2.52. The molecule has 0 heterocycles. The first-order chi connectivity index (χ1) is 9.41. The summed E-state index contributed by atoms with van der Waals surface area (Å²) in [5.41, 5.74) is 6.78. The second kappa shape index (κ2) is 7.62. The number of carboxylic acids is 1. The molecule has 110 valence electrons. The summed E-state index contributed by atoms with van der Waals surface area (Å²) < 4.78 is 0. The molecule has 0 saturated heterocycles. The van der Waals surface area contributed by atoms with Crippen LogP contribution in [0.4, 0.5) is 0 Å². The van der Waals surface area contributed by atoms with Crippen molar-refractivity contribution in [3.8, 4) is 0 Å². The van der Waals surface area contributed by atoms with Crippen LogP contribution in [0.1, 0.15) is 18.9 Å². The number of carboxylic acid groups (broad SMARTS) is 1. The van der Waals surface area contributed by atoms with Crippen LogP contribution in [-0.2, 0) is 16.0 Å². The molecule has 1 aromatic carbocycles. The number of aliphatic hydroxyl groups is 1. The standard InChI is InChI=1S/C14H20N2O4/c1-9(17)12(14(19)20)16-13(18)11(15)8-7-10-5-3-2-4-6-10/h2-6,9,11-12,17H,7-8,15H2,1H3,(H,16,18)(H,19,20). The Kier molecular flexibility index (Phi) is 6.14. The summed E-state index contributed by atoms with van der Waals surface area (Å²) in [6.07, 6.45) is -0.151. The van der Waals surface area contributed by atoms with Crippen molar-refractivity contribution in [2.45, 2.75) is 38.0 Å². The van der Waals surface area contributed by atoms with Gasteiger partial charge in [-0.25, -0.2) is 4.79 Å². The van der Waals surface area contributed by atoms with E-state index >= 15 is 0 Å². The van der Waals surface area contributed by atoms with E-state index in [-0.39, 0.29) is 0 Å². The number of nitrogens with two attached hydrogens (primary N) is 1. The Morgan fingerprint density at radius 2 is 1.90 bits per heavy atom. The number of nitrogens with one attached hydrogen (secondary N) is 1. The largest absolute Gasteiger partial charge is 0.480 e. The zero-order valence-electron chi connectivity index (χ0n) is 11.3. The highest BCUT2D eigenvalue weighted by Crippen LogP contribution is 2.04. The number of hydrogen-bond acceptors (Lipinski definition) is 4. The summed E-state index contributed by atoms with van der Waals surface area (Å²) in [4.78, 5) is 22.6. The van der Waals surface area contributed by atoms with E-state index in [1.807, 2.05) is 30.3 Å². The van der Waals surface area contributed by atoms with Gasteiger partial charge < -0.3 is 21.3 Å². The lowest BCUT2D eigenvalue weighted by molar-refractivity contribution is -0.145. The van der Waals surface area contributed by atoms with E-state index in [0.717, 1.165) is 5.56 Å². The van der Waals surface area contributed by atoms with Gasteiger partial charge in [0.25, 0.3) is 0 Å². The van der Waals surface area contributed by atoms with Crippen molar-refractivity contribution in [2.24, 2.45) is 5.73 Å². The van der Waals surface area contributed by atoms with Crippen molar-refractivity contribution < 1.29 is 19.8 Å². The van der Waals surface area contributed by atoms with Gasteiger partial charge in [-0.05, 0) is 25.3 Å². The quantitative estimate of drug-likeness (QED) is 0.557.